The molecule has 2 heterocycles. The first-order valence-electron chi connectivity index (χ1n) is 10.7. The van der Waals surface area contributed by atoms with E-state index in [1.807, 2.05) is 0 Å². The first-order valence-corrected chi connectivity index (χ1v) is 10.7. The largest absolute Gasteiger partial charge is 0.481 e. The van der Waals surface area contributed by atoms with Crippen LogP contribution >= 0.6 is 0 Å². The van der Waals surface area contributed by atoms with Gasteiger partial charge in [-0.2, -0.15) is 4.98 Å². The molecule has 0 saturated heterocycles. The van der Waals surface area contributed by atoms with Gasteiger partial charge < -0.3 is 14.5 Å². The molecule has 0 spiro atoms. The molecule has 30 heavy (non-hydrogen) atoms. The smallest absolute Gasteiger partial charge is 0.304 e. The van der Waals surface area contributed by atoms with Crippen LogP contribution < -0.4 is 0 Å². The van der Waals surface area contributed by atoms with Crippen LogP contribution in [0.1, 0.15) is 80.0 Å². The van der Waals surface area contributed by atoms with Crippen molar-refractivity contribution in [3.05, 3.63) is 29.9 Å². The minimum atomic E-state index is -0.877. The minimum Gasteiger partial charge on any atom is -0.481 e. The summed E-state index contributed by atoms with van der Waals surface area (Å²) in [7, 11) is 3.34. The molecule has 1 saturated carbocycles. The third-order valence-corrected chi connectivity index (χ3v) is 5.75. The molecule has 1 aliphatic rings. The van der Waals surface area contributed by atoms with Crippen LogP contribution in [-0.2, 0) is 4.79 Å². The standard InChI is InChI=1S/C22H30N4O4/c1-26(2)22(29)18-11-17(13-23-14-18)20-24-21(30-25-20)16(12-19(27)28)10-6-9-15-7-4-3-5-8-15/h11,13-16H,3-10,12H2,1-2H3,(H,27,28)/t16-/m1/s1. The SMILES string of the molecule is CN(C)C(=O)c1cncc(-c2noc([C@H](CCCC3CCCCC3)CC(=O)O)n2)c1. The molecule has 0 radical (unpaired) electrons. The molecule has 0 aliphatic heterocycles. The molecule has 1 amide bonds. The second kappa shape index (κ2) is 10.3. The van der Waals surface area contributed by atoms with Crippen LogP contribution in [0.3, 0.4) is 0 Å². The number of hydrogen-bond acceptors (Lipinski definition) is 6. The van der Waals surface area contributed by atoms with Gasteiger partial charge in [-0.25, -0.2) is 0 Å². The zero-order chi connectivity index (χ0) is 21.5. The van der Waals surface area contributed by atoms with Crippen LogP contribution in [-0.4, -0.2) is 51.1 Å². The average Bonchev–Trinajstić information content (AvgIpc) is 3.23. The number of rotatable bonds is 9. The molecule has 0 bridgehead atoms. The topological polar surface area (TPSA) is 109 Å². The quantitative estimate of drug-likeness (QED) is 0.656. The van der Waals surface area contributed by atoms with E-state index in [4.69, 9.17) is 4.52 Å². The molecule has 2 aromatic rings. The minimum absolute atomic E-state index is 0.0380. The van der Waals surface area contributed by atoms with Gasteiger partial charge in [0.2, 0.25) is 11.7 Å². The Bertz CT molecular complexity index is 858. The lowest BCUT2D eigenvalue weighted by Crippen LogP contribution is -2.21. The molecule has 0 aromatic carbocycles. The fraction of sp³-hybridized carbons (Fsp3) is 0.591. The van der Waals surface area contributed by atoms with Crippen molar-refractivity contribution >= 4 is 11.9 Å². The molecule has 3 rings (SSSR count). The third kappa shape index (κ3) is 5.87. The Morgan fingerprint density at radius 2 is 2.00 bits per heavy atom. The van der Waals surface area contributed by atoms with Crippen molar-refractivity contribution in [3.8, 4) is 11.4 Å². The van der Waals surface area contributed by atoms with Gasteiger partial charge >= 0.3 is 5.97 Å². The zero-order valence-corrected chi connectivity index (χ0v) is 17.7. The van der Waals surface area contributed by atoms with Gasteiger partial charge in [0.15, 0.2) is 0 Å². The summed E-state index contributed by atoms with van der Waals surface area (Å²) >= 11 is 0. The van der Waals surface area contributed by atoms with Crippen molar-refractivity contribution in [2.45, 2.75) is 63.7 Å². The number of carboxylic acids is 1. The summed E-state index contributed by atoms with van der Waals surface area (Å²) in [4.78, 5) is 33.5. The first kappa shape index (κ1) is 21.9. The number of carbonyl (C=O) groups is 2. The van der Waals surface area contributed by atoms with Gasteiger partial charge in [0.05, 0.1) is 12.0 Å². The van der Waals surface area contributed by atoms with Gasteiger partial charge in [-0.3, -0.25) is 14.6 Å². The molecule has 8 heteroatoms. The predicted molar refractivity (Wildman–Crippen MR) is 111 cm³/mol. The highest BCUT2D eigenvalue weighted by molar-refractivity contribution is 5.94. The van der Waals surface area contributed by atoms with E-state index >= 15 is 0 Å². The summed E-state index contributed by atoms with van der Waals surface area (Å²) in [5.74, 6) is 0.0450. The Morgan fingerprint density at radius 3 is 2.70 bits per heavy atom. The normalized spacial score (nSPS) is 15.7. The fourth-order valence-corrected chi connectivity index (χ4v) is 4.11. The lowest BCUT2D eigenvalue weighted by molar-refractivity contribution is -0.137. The van der Waals surface area contributed by atoms with Gasteiger partial charge in [0.1, 0.15) is 0 Å². The van der Waals surface area contributed by atoms with Gasteiger partial charge in [0, 0.05) is 38.0 Å². The lowest BCUT2D eigenvalue weighted by Gasteiger charge is -2.21. The van der Waals surface area contributed by atoms with E-state index in [1.54, 1.807) is 26.4 Å². The van der Waals surface area contributed by atoms with Crippen LogP contribution in [0.15, 0.2) is 23.0 Å². The Balaban J connectivity index is 1.69. The van der Waals surface area contributed by atoms with E-state index in [9.17, 15) is 14.7 Å². The second-order valence-corrected chi connectivity index (χ2v) is 8.35. The number of hydrogen-bond donors (Lipinski definition) is 1. The number of amides is 1. The Morgan fingerprint density at radius 1 is 1.23 bits per heavy atom. The van der Waals surface area contributed by atoms with Crippen molar-refractivity contribution in [2.24, 2.45) is 5.92 Å². The highest BCUT2D eigenvalue weighted by atomic mass is 16.5. The molecule has 1 N–H and O–H groups in total. The molecule has 1 atom stereocenters. The summed E-state index contributed by atoms with van der Waals surface area (Å²) in [6.07, 6.45) is 12.3. The zero-order valence-electron chi connectivity index (χ0n) is 17.7. The summed E-state index contributed by atoms with van der Waals surface area (Å²) in [5, 5.41) is 13.3. The predicted octanol–water partition coefficient (Wildman–Crippen LogP) is 4.14. The molecule has 162 valence electrons. The summed E-state index contributed by atoms with van der Waals surface area (Å²) in [5.41, 5.74) is 0.993. The lowest BCUT2D eigenvalue weighted by atomic mass is 9.84. The second-order valence-electron chi connectivity index (χ2n) is 8.35. The van der Waals surface area contributed by atoms with Crippen molar-refractivity contribution in [3.63, 3.8) is 0 Å². The first-order chi connectivity index (χ1) is 14.4. The maximum Gasteiger partial charge on any atom is 0.304 e. The summed E-state index contributed by atoms with van der Waals surface area (Å²) in [6, 6.07) is 1.67. The molecule has 8 nitrogen and oxygen atoms in total. The average molecular weight is 415 g/mol. The fourth-order valence-electron chi connectivity index (χ4n) is 4.11. The Hall–Kier alpha value is -2.77. The van der Waals surface area contributed by atoms with Crippen LogP contribution in [0.25, 0.3) is 11.4 Å². The van der Waals surface area contributed by atoms with Gasteiger partial charge in [0.25, 0.3) is 5.91 Å². The van der Waals surface area contributed by atoms with Crippen LogP contribution in [0.2, 0.25) is 0 Å². The van der Waals surface area contributed by atoms with Crippen molar-refractivity contribution in [1.29, 1.82) is 0 Å². The van der Waals surface area contributed by atoms with E-state index in [-0.39, 0.29) is 18.2 Å². The van der Waals surface area contributed by atoms with Gasteiger partial charge in [-0.15, -0.1) is 0 Å². The molecule has 1 fully saturated rings. The van der Waals surface area contributed by atoms with E-state index in [0.717, 1.165) is 18.8 Å². The van der Waals surface area contributed by atoms with Crippen LogP contribution in [0.5, 0.6) is 0 Å². The Kier molecular flexibility index (Phi) is 7.54. The van der Waals surface area contributed by atoms with E-state index < -0.39 is 5.97 Å². The number of pyridine rings is 1. The molecule has 0 unspecified atom stereocenters. The number of aromatic nitrogens is 3. The van der Waals surface area contributed by atoms with Gasteiger partial charge in [-0.05, 0) is 18.4 Å². The van der Waals surface area contributed by atoms with E-state index in [1.165, 1.54) is 43.2 Å². The highest BCUT2D eigenvalue weighted by Gasteiger charge is 2.24. The molecular weight excluding hydrogens is 384 g/mol. The summed E-state index contributed by atoms with van der Waals surface area (Å²) in [6.45, 7) is 0. The van der Waals surface area contributed by atoms with Crippen LogP contribution in [0, 0.1) is 5.92 Å². The highest BCUT2D eigenvalue weighted by Crippen LogP contribution is 2.31. The molecular formula is C22H30N4O4. The monoisotopic (exact) mass is 414 g/mol. The number of aliphatic carboxylic acids is 1. The maximum absolute atomic E-state index is 12.2. The number of carboxylic acid groups (broad SMARTS) is 1. The number of carbonyl (C=O) groups excluding carboxylic acids is 1. The summed E-state index contributed by atoms with van der Waals surface area (Å²) < 4.78 is 5.42. The molecule has 1 aliphatic carbocycles. The Labute approximate surface area is 176 Å². The van der Waals surface area contributed by atoms with Crippen molar-refractivity contribution < 1.29 is 19.2 Å². The van der Waals surface area contributed by atoms with Gasteiger partial charge in [-0.1, -0.05) is 50.1 Å². The number of nitrogens with zero attached hydrogens (tertiary/aromatic N) is 4. The third-order valence-electron chi connectivity index (χ3n) is 5.75. The van der Waals surface area contributed by atoms with E-state index in [2.05, 4.69) is 15.1 Å². The maximum atomic E-state index is 12.2. The van der Waals surface area contributed by atoms with E-state index in [0.29, 0.717) is 29.3 Å². The van der Waals surface area contributed by atoms with Crippen molar-refractivity contribution in [1.82, 2.24) is 20.0 Å². The van der Waals surface area contributed by atoms with Crippen molar-refractivity contribution in [2.75, 3.05) is 14.1 Å². The molecule has 2 aromatic heterocycles. The van der Waals surface area contributed by atoms with Crippen LogP contribution in [0.4, 0.5) is 0 Å².